The molecular weight excluding hydrogens is 232 g/mol. The maximum atomic E-state index is 11.0. The molecule has 0 radical (unpaired) electrons. The van der Waals surface area contributed by atoms with Gasteiger partial charge in [-0.1, -0.05) is 12.1 Å². The van der Waals surface area contributed by atoms with Crippen molar-refractivity contribution in [3.8, 4) is 0 Å². The molecule has 5 nitrogen and oxygen atoms in total. The third-order valence-corrected chi connectivity index (χ3v) is 2.49. The maximum absolute atomic E-state index is 11.0. The zero-order chi connectivity index (χ0) is 13.5. The van der Waals surface area contributed by atoms with Crippen LogP contribution in [0.3, 0.4) is 0 Å². The fourth-order valence-electron chi connectivity index (χ4n) is 1.52. The van der Waals surface area contributed by atoms with Crippen LogP contribution in [0.15, 0.2) is 24.3 Å². The number of rotatable bonds is 5. The first-order valence-electron chi connectivity index (χ1n) is 5.70. The molecule has 0 saturated carbocycles. The summed E-state index contributed by atoms with van der Waals surface area (Å²) in [5.41, 5.74) is 1.73. The summed E-state index contributed by atoms with van der Waals surface area (Å²) in [6.07, 6.45) is 0. The van der Waals surface area contributed by atoms with Crippen LogP contribution in [0.1, 0.15) is 25.5 Å². The molecule has 0 heterocycles. The lowest BCUT2D eigenvalue weighted by molar-refractivity contribution is -0.139. The van der Waals surface area contributed by atoms with Crippen LogP contribution in [0.25, 0.3) is 0 Å². The zero-order valence-corrected chi connectivity index (χ0v) is 10.8. The topological polar surface area (TPSA) is 67.4 Å². The van der Waals surface area contributed by atoms with Gasteiger partial charge in [0.25, 0.3) is 0 Å². The first-order valence-corrected chi connectivity index (χ1v) is 5.70. The zero-order valence-electron chi connectivity index (χ0n) is 10.8. The van der Waals surface area contributed by atoms with E-state index in [4.69, 9.17) is 0 Å². The van der Waals surface area contributed by atoms with Gasteiger partial charge in [0.1, 0.15) is 0 Å². The summed E-state index contributed by atoms with van der Waals surface area (Å²) < 4.78 is 4.55. The van der Waals surface area contributed by atoms with Gasteiger partial charge in [-0.15, -0.1) is 0 Å². The molecule has 2 N–H and O–H groups in total. The molecule has 0 aliphatic rings. The number of methoxy groups -OCH3 is 1. The smallest absolute Gasteiger partial charge is 0.319 e. The van der Waals surface area contributed by atoms with Gasteiger partial charge in [0.15, 0.2) is 0 Å². The van der Waals surface area contributed by atoms with Gasteiger partial charge in [-0.05, 0) is 24.6 Å². The van der Waals surface area contributed by atoms with E-state index in [2.05, 4.69) is 15.4 Å². The van der Waals surface area contributed by atoms with Gasteiger partial charge < -0.3 is 15.4 Å². The van der Waals surface area contributed by atoms with Crippen molar-refractivity contribution in [3.63, 3.8) is 0 Å². The molecule has 1 aromatic rings. The quantitative estimate of drug-likeness (QED) is 0.776. The Balaban J connectivity index is 2.64. The Labute approximate surface area is 107 Å². The van der Waals surface area contributed by atoms with Gasteiger partial charge in [-0.3, -0.25) is 9.59 Å². The summed E-state index contributed by atoms with van der Waals surface area (Å²) in [5, 5.41) is 5.76. The standard InChI is InChI=1S/C13H18N2O3/c1-9(14-8-13(17)18-3)11-5-4-6-12(7-11)15-10(2)16/h4-7,9,14H,8H2,1-3H3,(H,15,16). The number of hydrogen-bond acceptors (Lipinski definition) is 4. The second-order valence-electron chi connectivity index (χ2n) is 3.99. The minimum Gasteiger partial charge on any atom is -0.468 e. The summed E-state index contributed by atoms with van der Waals surface area (Å²) in [4.78, 5) is 22.0. The van der Waals surface area contributed by atoms with Crippen molar-refractivity contribution in [1.82, 2.24) is 5.32 Å². The number of carbonyl (C=O) groups is 2. The Morgan fingerprint density at radius 1 is 1.39 bits per heavy atom. The van der Waals surface area contributed by atoms with E-state index in [1.807, 2.05) is 31.2 Å². The van der Waals surface area contributed by atoms with Crippen LogP contribution < -0.4 is 10.6 Å². The minimum absolute atomic E-state index is 0.00203. The van der Waals surface area contributed by atoms with Crippen LogP contribution in [0.2, 0.25) is 0 Å². The summed E-state index contributed by atoms with van der Waals surface area (Å²) in [5.74, 6) is -0.415. The van der Waals surface area contributed by atoms with Gasteiger partial charge in [-0.2, -0.15) is 0 Å². The molecule has 0 aliphatic carbocycles. The predicted octanol–water partition coefficient (Wildman–Crippen LogP) is 1.47. The van der Waals surface area contributed by atoms with Gasteiger partial charge in [0.05, 0.1) is 13.7 Å². The Hall–Kier alpha value is -1.88. The maximum Gasteiger partial charge on any atom is 0.319 e. The SMILES string of the molecule is COC(=O)CNC(C)c1cccc(NC(C)=O)c1. The van der Waals surface area contributed by atoms with Crippen molar-refractivity contribution in [2.45, 2.75) is 19.9 Å². The van der Waals surface area contributed by atoms with Gasteiger partial charge >= 0.3 is 5.97 Å². The summed E-state index contributed by atoms with van der Waals surface area (Å²) >= 11 is 0. The molecular formula is C13H18N2O3. The first-order chi connectivity index (χ1) is 8.52. The van der Waals surface area contributed by atoms with E-state index in [-0.39, 0.29) is 24.5 Å². The van der Waals surface area contributed by atoms with Gasteiger partial charge in [0.2, 0.25) is 5.91 Å². The average Bonchev–Trinajstić information content (AvgIpc) is 2.35. The van der Waals surface area contributed by atoms with Crippen LogP contribution in [-0.2, 0) is 14.3 Å². The lowest BCUT2D eigenvalue weighted by Crippen LogP contribution is -2.26. The predicted molar refractivity (Wildman–Crippen MR) is 69.2 cm³/mol. The second-order valence-corrected chi connectivity index (χ2v) is 3.99. The van der Waals surface area contributed by atoms with E-state index >= 15 is 0 Å². The lowest BCUT2D eigenvalue weighted by Gasteiger charge is -2.14. The normalized spacial score (nSPS) is 11.7. The molecule has 0 fully saturated rings. The lowest BCUT2D eigenvalue weighted by atomic mass is 10.1. The highest BCUT2D eigenvalue weighted by atomic mass is 16.5. The third kappa shape index (κ3) is 4.55. The average molecular weight is 250 g/mol. The fraction of sp³-hybridized carbons (Fsp3) is 0.385. The van der Waals surface area contributed by atoms with Crippen molar-refractivity contribution in [2.75, 3.05) is 19.0 Å². The molecule has 5 heteroatoms. The number of esters is 1. The van der Waals surface area contributed by atoms with E-state index in [0.717, 1.165) is 11.3 Å². The molecule has 1 atom stereocenters. The van der Waals surface area contributed by atoms with Crippen LogP contribution in [-0.4, -0.2) is 25.5 Å². The summed E-state index contributed by atoms with van der Waals surface area (Å²) in [6, 6.07) is 7.48. The van der Waals surface area contributed by atoms with E-state index in [1.165, 1.54) is 14.0 Å². The van der Waals surface area contributed by atoms with Gasteiger partial charge in [0, 0.05) is 18.7 Å². The van der Waals surface area contributed by atoms with E-state index in [0.29, 0.717) is 0 Å². The highest BCUT2D eigenvalue weighted by molar-refractivity contribution is 5.88. The number of anilines is 1. The van der Waals surface area contributed by atoms with E-state index < -0.39 is 0 Å². The Kier molecular flexibility index (Phi) is 5.32. The first kappa shape index (κ1) is 14.2. The van der Waals surface area contributed by atoms with Crippen molar-refractivity contribution in [2.24, 2.45) is 0 Å². The van der Waals surface area contributed by atoms with Crippen molar-refractivity contribution >= 4 is 17.6 Å². The van der Waals surface area contributed by atoms with Gasteiger partial charge in [-0.25, -0.2) is 0 Å². The van der Waals surface area contributed by atoms with Crippen LogP contribution in [0, 0.1) is 0 Å². The van der Waals surface area contributed by atoms with E-state index in [1.54, 1.807) is 0 Å². The molecule has 0 aliphatic heterocycles. The number of benzene rings is 1. The fourth-order valence-corrected chi connectivity index (χ4v) is 1.52. The molecule has 1 aromatic carbocycles. The van der Waals surface area contributed by atoms with Crippen molar-refractivity contribution in [1.29, 1.82) is 0 Å². The number of carbonyl (C=O) groups excluding carboxylic acids is 2. The Morgan fingerprint density at radius 2 is 2.11 bits per heavy atom. The molecule has 0 bridgehead atoms. The van der Waals surface area contributed by atoms with Crippen LogP contribution >= 0.6 is 0 Å². The Bertz CT molecular complexity index is 432. The number of amides is 1. The van der Waals surface area contributed by atoms with Crippen molar-refractivity contribution in [3.05, 3.63) is 29.8 Å². The summed E-state index contributed by atoms with van der Waals surface area (Å²) in [7, 11) is 1.35. The molecule has 98 valence electrons. The van der Waals surface area contributed by atoms with Crippen molar-refractivity contribution < 1.29 is 14.3 Å². The number of nitrogens with one attached hydrogen (secondary N) is 2. The number of hydrogen-bond donors (Lipinski definition) is 2. The summed E-state index contributed by atoms with van der Waals surface area (Å²) in [6.45, 7) is 3.56. The highest BCUT2D eigenvalue weighted by Gasteiger charge is 2.08. The Morgan fingerprint density at radius 3 is 2.72 bits per heavy atom. The molecule has 0 aromatic heterocycles. The minimum atomic E-state index is -0.306. The van der Waals surface area contributed by atoms with E-state index in [9.17, 15) is 9.59 Å². The largest absolute Gasteiger partial charge is 0.468 e. The molecule has 18 heavy (non-hydrogen) atoms. The second kappa shape index (κ2) is 6.76. The monoisotopic (exact) mass is 250 g/mol. The molecule has 1 rings (SSSR count). The molecule has 1 amide bonds. The number of ether oxygens (including phenoxy) is 1. The molecule has 1 unspecified atom stereocenters. The molecule has 0 spiro atoms. The van der Waals surface area contributed by atoms with Crippen LogP contribution in [0.4, 0.5) is 5.69 Å². The third-order valence-electron chi connectivity index (χ3n) is 2.49. The highest BCUT2D eigenvalue weighted by Crippen LogP contribution is 2.17. The molecule has 0 saturated heterocycles. The van der Waals surface area contributed by atoms with Crippen LogP contribution in [0.5, 0.6) is 0 Å².